The first kappa shape index (κ1) is 13.4. The van der Waals surface area contributed by atoms with E-state index in [0.717, 1.165) is 18.5 Å². The largest absolute Gasteiger partial charge is 0.326 e. The van der Waals surface area contributed by atoms with Crippen LogP contribution in [0.2, 0.25) is 0 Å². The Hall–Kier alpha value is -2.00. The smallest absolute Gasteiger partial charge is 0.227 e. The molecule has 1 saturated carbocycles. The SMILES string of the molecule is CSC(=Nc1cccc(NC(=O)C2CC2)c1)NC#N. The number of amidine groups is 1. The predicted octanol–water partition coefficient (Wildman–Crippen LogP) is 2.46. The minimum absolute atomic E-state index is 0.0707. The van der Waals surface area contributed by atoms with Crippen LogP contribution >= 0.6 is 11.8 Å². The van der Waals surface area contributed by atoms with Crippen molar-refractivity contribution in [3.63, 3.8) is 0 Å². The van der Waals surface area contributed by atoms with Crippen molar-refractivity contribution in [3.8, 4) is 6.19 Å². The summed E-state index contributed by atoms with van der Waals surface area (Å²) < 4.78 is 0. The van der Waals surface area contributed by atoms with Crippen molar-refractivity contribution >= 4 is 34.2 Å². The Bertz CT molecular complexity index is 546. The van der Waals surface area contributed by atoms with E-state index in [-0.39, 0.29) is 11.8 Å². The van der Waals surface area contributed by atoms with Crippen molar-refractivity contribution in [2.45, 2.75) is 12.8 Å². The molecule has 0 unspecified atom stereocenters. The summed E-state index contributed by atoms with van der Waals surface area (Å²) in [5, 5.41) is 14.5. The fourth-order valence-corrected chi connectivity index (χ4v) is 1.88. The molecule has 0 bridgehead atoms. The lowest BCUT2D eigenvalue weighted by atomic mass is 10.2. The quantitative estimate of drug-likeness (QED) is 0.384. The number of thioether (sulfide) groups is 1. The molecule has 6 heteroatoms. The highest BCUT2D eigenvalue weighted by molar-refractivity contribution is 8.13. The number of anilines is 1. The first-order chi connectivity index (χ1) is 9.22. The van der Waals surface area contributed by atoms with E-state index in [0.29, 0.717) is 10.9 Å². The fraction of sp³-hybridized carbons (Fsp3) is 0.308. The molecule has 1 amide bonds. The summed E-state index contributed by atoms with van der Waals surface area (Å²) in [6, 6.07) is 7.26. The molecule has 0 aromatic heterocycles. The van der Waals surface area contributed by atoms with Crippen molar-refractivity contribution in [2.24, 2.45) is 10.9 Å². The van der Waals surface area contributed by atoms with Crippen molar-refractivity contribution in [1.82, 2.24) is 5.32 Å². The lowest BCUT2D eigenvalue weighted by molar-refractivity contribution is -0.117. The van der Waals surface area contributed by atoms with Crippen LogP contribution in [-0.4, -0.2) is 17.3 Å². The summed E-state index contributed by atoms with van der Waals surface area (Å²) in [7, 11) is 0. The molecule has 2 rings (SSSR count). The Kier molecular flexibility index (Phi) is 4.42. The average Bonchev–Trinajstić information content (AvgIpc) is 3.23. The van der Waals surface area contributed by atoms with Crippen LogP contribution in [0.15, 0.2) is 29.3 Å². The van der Waals surface area contributed by atoms with Gasteiger partial charge in [-0.3, -0.25) is 10.1 Å². The van der Waals surface area contributed by atoms with Gasteiger partial charge in [0.25, 0.3) is 0 Å². The van der Waals surface area contributed by atoms with E-state index in [2.05, 4.69) is 15.6 Å². The standard InChI is InChI=1S/C13H14N4OS/c1-19-13(15-8-14)17-11-4-2-3-10(7-11)16-12(18)9-5-6-9/h2-4,7,9H,5-6H2,1H3,(H,15,17)(H,16,18). The van der Waals surface area contributed by atoms with Gasteiger partial charge in [0, 0.05) is 11.6 Å². The first-order valence-electron chi connectivity index (χ1n) is 5.91. The highest BCUT2D eigenvalue weighted by atomic mass is 32.2. The van der Waals surface area contributed by atoms with Gasteiger partial charge in [-0.1, -0.05) is 17.8 Å². The summed E-state index contributed by atoms with van der Waals surface area (Å²) in [4.78, 5) is 16.0. The summed E-state index contributed by atoms with van der Waals surface area (Å²) in [5.74, 6) is 0.246. The number of nitriles is 1. The topological polar surface area (TPSA) is 77.3 Å². The Morgan fingerprint density at radius 1 is 1.53 bits per heavy atom. The Morgan fingerprint density at radius 3 is 2.95 bits per heavy atom. The molecule has 1 aromatic carbocycles. The molecular weight excluding hydrogens is 260 g/mol. The monoisotopic (exact) mass is 274 g/mol. The van der Waals surface area contributed by atoms with Gasteiger partial charge >= 0.3 is 0 Å². The second-order valence-corrected chi connectivity index (χ2v) is 4.97. The molecule has 0 spiro atoms. The highest BCUT2D eigenvalue weighted by Crippen LogP contribution is 2.30. The van der Waals surface area contributed by atoms with Crippen molar-refractivity contribution in [1.29, 1.82) is 5.26 Å². The Labute approximate surface area is 116 Å². The van der Waals surface area contributed by atoms with Crippen molar-refractivity contribution in [3.05, 3.63) is 24.3 Å². The number of nitrogens with one attached hydrogen (secondary N) is 2. The molecule has 0 atom stereocenters. The number of benzene rings is 1. The van der Waals surface area contributed by atoms with Crippen LogP contribution in [0.3, 0.4) is 0 Å². The number of amides is 1. The van der Waals surface area contributed by atoms with Gasteiger partial charge in [-0.2, -0.15) is 5.26 Å². The normalized spacial score (nSPS) is 14.6. The summed E-state index contributed by atoms with van der Waals surface area (Å²) >= 11 is 1.35. The van der Waals surface area contributed by atoms with Gasteiger partial charge in [0.15, 0.2) is 11.4 Å². The molecule has 5 nitrogen and oxygen atoms in total. The van der Waals surface area contributed by atoms with Gasteiger partial charge in [-0.05, 0) is 37.3 Å². The third kappa shape index (κ3) is 4.00. The number of carbonyl (C=O) groups excluding carboxylic acids is 1. The molecule has 1 fully saturated rings. The third-order valence-corrected chi connectivity index (χ3v) is 3.23. The molecule has 2 N–H and O–H groups in total. The molecular formula is C13H14N4OS. The van der Waals surface area contributed by atoms with Crippen LogP contribution in [0.1, 0.15) is 12.8 Å². The number of nitrogens with zero attached hydrogens (tertiary/aromatic N) is 2. The second-order valence-electron chi connectivity index (χ2n) is 4.17. The summed E-state index contributed by atoms with van der Waals surface area (Å²) in [5.41, 5.74) is 1.43. The van der Waals surface area contributed by atoms with Gasteiger partial charge in [-0.25, -0.2) is 4.99 Å². The van der Waals surface area contributed by atoms with Crippen LogP contribution in [0.4, 0.5) is 11.4 Å². The van der Waals surface area contributed by atoms with Crippen LogP contribution < -0.4 is 10.6 Å². The molecule has 0 heterocycles. The molecule has 19 heavy (non-hydrogen) atoms. The average molecular weight is 274 g/mol. The van der Waals surface area contributed by atoms with Crippen LogP contribution in [0.25, 0.3) is 0 Å². The first-order valence-corrected chi connectivity index (χ1v) is 7.14. The molecule has 1 aliphatic rings. The van der Waals surface area contributed by atoms with Gasteiger partial charge in [0.05, 0.1) is 5.69 Å². The van der Waals surface area contributed by atoms with Gasteiger partial charge in [0.1, 0.15) is 0 Å². The number of hydrogen-bond acceptors (Lipinski definition) is 4. The van der Waals surface area contributed by atoms with Crippen molar-refractivity contribution < 1.29 is 4.79 Å². The molecule has 0 saturated heterocycles. The van der Waals surface area contributed by atoms with Gasteiger partial charge in [0.2, 0.25) is 5.91 Å². The minimum atomic E-state index is 0.0707. The summed E-state index contributed by atoms with van der Waals surface area (Å²) in [6.45, 7) is 0. The highest BCUT2D eigenvalue weighted by Gasteiger charge is 2.29. The van der Waals surface area contributed by atoms with Gasteiger partial charge in [-0.15, -0.1) is 0 Å². The Balaban J connectivity index is 2.09. The number of carbonyl (C=O) groups is 1. The predicted molar refractivity (Wildman–Crippen MR) is 77.2 cm³/mol. The van der Waals surface area contributed by atoms with Crippen molar-refractivity contribution in [2.75, 3.05) is 11.6 Å². The molecule has 98 valence electrons. The van der Waals surface area contributed by atoms with Crippen LogP contribution in [0, 0.1) is 17.4 Å². The van der Waals surface area contributed by atoms with Crippen LogP contribution in [0.5, 0.6) is 0 Å². The number of rotatable bonds is 3. The van der Waals surface area contributed by atoms with Crippen LogP contribution in [-0.2, 0) is 4.79 Å². The van der Waals surface area contributed by atoms with E-state index >= 15 is 0 Å². The zero-order valence-electron chi connectivity index (χ0n) is 10.5. The maximum Gasteiger partial charge on any atom is 0.227 e. The number of aliphatic imine (C=N–C) groups is 1. The third-order valence-electron chi connectivity index (χ3n) is 2.65. The maximum atomic E-state index is 11.7. The fourth-order valence-electron chi connectivity index (χ4n) is 1.53. The van der Waals surface area contributed by atoms with E-state index in [4.69, 9.17) is 5.26 Å². The molecule has 0 aliphatic heterocycles. The van der Waals surface area contributed by atoms with E-state index in [9.17, 15) is 4.79 Å². The zero-order chi connectivity index (χ0) is 13.7. The van der Waals surface area contributed by atoms with E-state index in [1.165, 1.54) is 11.8 Å². The van der Waals surface area contributed by atoms with Gasteiger partial charge < -0.3 is 5.32 Å². The number of hydrogen-bond donors (Lipinski definition) is 2. The Morgan fingerprint density at radius 2 is 2.32 bits per heavy atom. The minimum Gasteiger partial charge on any atom is -0.326 e. The van der Waals surface area contributed by atoms with E-state index in [1.54, 1.807) is 6.07 Å². The zero-order valence-corrected chi connectivity index (χ0v) is 11.3. The second kappa shape index (κ2) is 6.25. The van der Waals surface area contributed by atoms with E-state index in [1.807, 2.05) is 30.6 Å². The molecule has 1 aromatic rings. The van der Waals surface area contributed by atoms with E-state index < -0.39 is 0 Å². The maximum absolute atomic E-state index is 11.7. The lowest BCUT2D eigenvalue weighted by Gasteiger charge is -2.05. The summed E-state index contributed by atoms with van der Waals surface area (Å²) in [6.07, 6.45) is 5.63. The lowest BCUT2D eigenvalue weighted by Crippen LogP contribution is -2.13. The molecule has 1 aliphatic carbocycles. The molecule has 0 radical (unpaired) electrons.